The molecule has 1 rings (SSSR count). The Bertz CT molecular complexity index is 484. The zero-order valence-electron chi connectivity index (χ0n) is 13.6. The maximum Gasteiger partial charge on any atom is 0.224 e. The van der Waals surface area contributed by atoms with Crippen LogP contribution in [0, 0.1) is 5.92 Å². The molecule has 0 aliphatic heterocycles. The van der Waals surface area contributed by atoms with Crippen LogP contribution < -0.4 is 10.6 Å². The van der Waals surface area contributed by atoms with Crippen molar-refractivity contribution in [3.63, 3.8) is 0 Å². The third-order valence-electron chi connectivity index (χ3n) is 3.77. The Kier molecular flexibility index (Phi) is 7.05. The van der Waals surface area contributed by atoms with E-state index in [0.29, 0.717) is 13.0 Å². The van der Waals surface area contributed by atoms with Crippen LogP contribution in [0.1, 0.15) is 32.8 Å². The van der Waals surface area contributed by atoms with Gasteiger partial charge in [0.1, 0.15) is 0 Å². The molecule has 0 saturated carbocycles. The van der Waals surface area contributed by atoms with E-state index in [2.05, 4.69) is 10.6 Å². The minimum Gasteiger partial charge on any atom is -0.388 e. The summed E-state index contributed by atoms with van der Waals surface area (Å²) < 4.78 is 0. The predicted octanol–water partition coefficient (Wildman–Crippen LogP) is 1.26. The molecule has 22 heavy (non-hydrogen) atoms. The normalized spacial score (nSPS) is 13.5. The highest BCUT2D eigenvalue weighted by atomic mass is 16.3. The molecular weight excluding hydrogens is 280 g/mol. The van der Waals surface area contributed by atoms with E-state index in [9.17, 15) is 14.7 Å². The van der Waals surface area contributed by atoms with Crippen LogP contribution in [0.15, 0.2) is 30.3 Å². The van der Waals surface area contributed by atoms with Gasteiger partial charge < -0.3 is 15.7 Å². The van der Waals surface area contributed by atoms with Crippen LogP contribution in [0.2, 0.25) is 0 Å². The molecule has 2 amide bonds. The van der Waals surface area contributed by atoms with Gasteiger partial charge in [0.25, 0.3) is 0 Å². The molecule has 0 aliphatic carbocycles. The minimum absolute atomic E-state index is 0.0541. The van der Waals surface area contributed by atoms with E-state index in [-0.39, 0.29) is 30.7 Å². The summed E-state index contributed by atoms with van der Waals surface area (Å²) in [6, 6.07) is 9.45. The number of aliphatic hydroxyl groups is 1. The van der Waals surface area contributed by atoms with Gasteiger partial charge in [-0.15, -0.1) is 0 Å². The summed E-state index contributed by atoms with van der Waals surface area (Å²) in [4.78, 5) is 23.4. The molecule has 1 aromatic rings. The molecule has 0 bridgehead atoms. The molecule has 0 radical (unpaired) electrons. The lowest BCUT2D eigenvalue weighted by Crippen LogP contribution is -2.44. The lowest BCUT2D eigenvalue weighted by Gasteiger charge is -2.27. The van der Waals surface area contributed by atoms with Gasteiger partial charge in [0.2, 0.25) is 11.8 Å². The van der Waals surface area contributed by atoms with Crippen LogP contribution in [0.4, 0.5) is 0 Å². The van der Waals surface area contributed by atoms with E-state index in [1.807, 2.05) is 44.2 Å². The summed E-state index contributed by atoms with van der Waals surface area (Å²) in [5, 5.41) is 15.4. The fourth-order valence-corrected chi connectivity index (χ4v) is 1.73. The average molecular weight is 306 g/mol. The van der Waals surface area contributed by atoms with E-state index in [1.54, 1.807) is 6.92 Å². The summed E-state index contributed by atoms with van der Waals surface area (Å²) in [5.74, 6) is -0.229. The van der Waals surface area contributed by atoms with Gasteiger partial charge in [-0.1, -0.05) is 44.2 Å². The molecule has 1 atom stereocenters. The Labute approximate surface area is 132 Å². The maximum atomic E-state index is 11.7. The van der Waals surface area contributed by atoms with Crippen molar-refractivity contribution in [3.8, 4) is 0 Å². The molecule has 0 spiro atoms. The Morgan fingerprint density at radius 2 is 1.77 bits per heavy atom. The van der Waals surface area contributed by atoms with Gasteiger partial charge in [-0.25, -0.2) is 0 Å². The number of nitrogens with one attached hydrogen (secondary N) is 2. The maximum absolute atomic E-state index is 11.7. The van der Waals surface area contributed by atoms with E-state index in [4.69, 9.17) is 0 Å². The third-order valence-corrected chi connectivity index (χ3v) is 3.77. The van der Waals surface area contributed by atoms with Crippen LogP contribution in [-0.2, 0) is 16.0 Å². The summed E-state index contributed by atoms with van der Waals surface area (Å²) >= 11 is 0. The summed E-state index contributed by atoms with van der Waals surface area (Å²) in [5.41, 5.74) is 0.0177. The number of hydrogen-bond acceptors (Lipinski definition) is 3. The lowest BCUT2D eigenvalue weighted by atomic mass is 9.92. The SMILES string of the molecule is CC(C)C(C)(O)CNC(=O)CCNC(=O)Cc1ccccc1. The van der Waals surface area contributed by atoms with Crippen LogP contribution in [0.3, 0.4) is 0 Å². The number of carbonyl (C=O) groups is 2. The second-order valence-corrected chi connectivity index (χ2v) is 6.05. The third kappa shape index (κ3) is 6.72. The monoisotopic (exact) mass is 306 g/mol. The summed E-state index contributed by atoms with van der Waals surface area (Å²) in [6.07, 6.45) is 0.513. The van der Waals surface area contributed by atoms with Crippen LogP contribution in [0.25, 0.3) is 0 Å². The second-order valence-electron chi connectivity index (χ2n) is 6.05. The van der Waals surface area contributed by atoms with E-state index in [0.717, 1.165) is 5.56 Å². The summed E-state index contributed by atoms with van der Waals surface area (Å²) in [7, 11) is 0. The van der Waals surface area contributed by atoms with Crippen molar-refractivity contribution in [3.05, 3.63) is 35.9 Å². The molecule has 0 saturated heterocycles. The topological polar surface area (TPSA) is 78.4 Å². The zero-order chi connectivity index (χ0) is 16.6. The van der Waals surface area contributed by atoms with Gasteiger partial charge in [0, 0.05) is 19.5 Å². The van der Waals surface area contributed by atoms with Crippen molar-refractivity contribution < 1.29 is 14.7 Å². The molecule has 0 aromatic heterocycles. The van der Waals surface area contributed by atoms with Crippen molar-refractivity contribution >= 4 is 11.8 Å². The highest BCUT2D eigenvalue weighted by Crippen LogP contribution is 2.14. The molecule has 5 heteroatoms. The minimum atomic E-state index is -0.924. The van der Waals surface area contributed by atoms with Gasteiger partial charge in [0.15, 0.2) is 0 Å². The van der Waals surface area contributed by atoms with Crippen LogP contribution in [-0.4, -0.2) is 35.6 Å². The molecular formula is C17H26N2O3. The van der Waals surface area contributed by atoms with Gasteiger partial charge >= 0.3 is 0 Å². The molecule has 122 valence electrons. The van der Waals surface area contributed by atoms with Crippen molar-refractivity contribution in [2.24, 2.45) is 5.92 Å². The first kappa shape index (κ1) is 18.2. The standard InChI is InChI=1S/C17H26N2O3/c1-13(2)17(3,22)12-19-15(20)9-10-18-16(21)11-14-7-5-4-6-8-14/h4-8,13,22H,9-12H2,1-3H3,(H,18,21)(H,19,20). The van der Waals surface area contributed by atoms with Gasteiger partial charge in [-0.05, 0) is 18.4 Å². The largest absolute Gasteiger partial charge is 0.388 e. The Hall–Kier alpha value is -1.88. The number of benzene rings is 1. The van der Waals surface area contributed by atoms with E-state index >= 15 is 0 Å². The Morgan fingerprint density at radius 3 is 2.36 bits per heavy atom. The molecule has 0 aliphatic rings. The number of amides is 2. The molecule has 1 unspecified atom stereocenters. The number of hydrogen-bond donors (Lipinski definition) is 3. The fourth-order valence-electron chi connectivity index (χ4n) is 1.73. The Morgan fingerprint density at radius 1 is 1.14 bits per heavy atom. The number of carbonyl (C=O) groups excluding carboxylic acids is 2. The molecule has 0 heterocycles. The first-order valence-electron chi connectivity index (χ1n) is 7.61. The quantitative estimate of drug-likeness (QED) is 0.676. The van der Waals surface area contributed by atoms with Gasteiger partial charge in [-0.3, -0.25) is 9.59 Å². The van der Waals surface area contributed by atoms with Crippen molar-refractivity contribution in [1.29, 1.82) is 0 Å². The van der Waals surface area contributed by atoms with Crippen LogP contribution >= 0.6 is 0 Å². The molecule has 1 aromatic carbocycles. The number of rotatable bonds is 8. The second kappa shape index (κ2) is 8.54. The van der Waals surface area contributed by atoms with Gasteiger partial charge in [-0.2, -0.15) is 0 Å². The molecule has 3 N–H and O–H groups in total. The van der Waals surface area contributed by atoms with Crippen LogP contribution in [0.5, 0.6) is 0 Å². The van der Waals surface area contributed by atoms with Gasteiger partial charge in [0.05, 0.1) is 12.0 Å². The molecule has 5 nitrogen and oxygen atoms in total. The predicted molar refractivity (Wildman–Crippen MR) is 86.2 cm³/mol. The lowest BCUT2D eigenvalue weighted by molar-refractivity contribution is -0.123. The highest BCUT2D eigenvalue weighted by molar-refractivity contribution is 5.80. The smallest absolute Gasteiger partial charge is 0.224 e. The first-order chi connectivity index (χ1) is 10.3. The highest BCUT2D eigenvalue weighted by Gasteiger charge is 2.25. The van der Waals surface area contributed by atoms with Crippen molar-refractivity contribution in [2.75, 3.05) is 13.1 Å². The molecule has 0 fully saturated rings. The average Bonchev–Trinajstić information content (AvgIpc) is 2.46. The zero-order valence-corrected chi connectivity index (χ0v) is 13.6. The first-order valence-corrected chi connectivity index (χ1v) is 7.61. The Balaban J connectivity index is 2.21. The summed E-state index contributed by atoms with van der Waals surface area (Å²) in [6.45, 7) is 5.99. The van der Waals surface area contributed by atoms with E-state index < -0.39 is 5.60 Å². The van der Waals surface area contributed by atoms with E-state index in [1.165, 1.54) is 0 Å². The fraction of sp³-hybridized carbons (Fsp3) is 0.529. The van der Waals surface area contributed by atoms with Crippen molar-refractivity contribution in [1.82, 2.24) is 10.6 Å². The van der Waals surface area contributed by atoms with Crippen molar-refractivity contribution in [2.45, 2.75) is 39.2 Å².